The van der Waals surface area contributed by atoms with Gasteiger partial charge in [-0.05, 0) is 39.9 Å². The number of para-hydroxylation sites is 2. The molecule has 0 spiro atoms. The largest absolute Gasteiger partial charge is 0.388 e. The van der Waals surface area contributed by atoms with Gasteiger partial charge in [-0.1, -0.05) is 127 Å². The van der Waals surface area contributed by atoms with Crippen LogP contribution in [0, 0.1) is 0 Å². The van der Waals surface area contributed by atoms with E-state index in [0.29, 0.717) is 19.8 Å². The Morgan fingerprint density at radius 3 is 1.40 bits per heavy atom. The van der Waals surface area contributed by atoms with Crippen LogP contribution in [0.1, 0.15) is 33.7 Å². The van der Waals surface area contributed by atoms with Crippen molar-refractivity contribution in [3.05, 3.63) is 180 Å². The van der Waals surface area contributed by atoms with Crippen LogP contribution in [-0.2, 0) is 34.0 Å². The molecule has 7 rings (SSSR count). The van der Waals surface area contributed by atoms with Crippen molar-refractivity contribution in [2.24, 2.45) is 0 Å². The fraction of sp³-hybridized carbons (Fsp3) is 0.190. The first-order chi connectivity index (χ1) is 23.7. The molecule has 5 aromatic carbocycles. The SMILES string of the molecule is O[C@H](COCc1ccccc1)[C@@H](OCc1ccccc1)[C@H](OCc1ccccc1)C(c1c[nH]c2ccccc12)c1c[nH]c2ccccc12. The van der Waals surface area contributed by atoms with Gasteiger partial charge in [-0.3, -0.25) is 0 Å². The van der Waals surface area contributed by atoms with Crippen molar-refractivity contribution >= 4 is 21.8 Å². The number of fused-ring (bicyclic) bond motifs is 2. The molecule has 0 fully saturated rings. The van der Waals surface area contributed by atoms with Gasteiger partial charge in [-0.25, -0.2) is 0 Å². The molecule has 0 unspecified atom stereocenters. The minimum atomic E-state index is -0.990. The molecule has 0 radical (unpaired) electrons. The highest BCUT2D eigenvalue weighted by molar-refractivity contribution is 5.88. The Labute approximate surface area is 280 Å². The first-order valence-electron chi connectivity index (χ1n) is 16.5. The average Bonchev–Trinajstić information content (AvgIpc) is 3.77. The Morgan fingerprint density at radius 2 is 0.896 bits per heavy atom. The average molecular weight is 637 g/mol. The van der Waals surface area contributed by atoms with Crippen LogP contribution >= 0.6 is 0 Å². The number of ether oxygens (including phenoxy) is 3. The lowest BCUT2D eigenvalue weighted by molar-refractivity contribution is -0.151. The van der Waals surface area contributed by atoms with Crippen molar-refractivity contribution in [1.29, 1.82) is 0 Å². The number of H-pyrrole nitrogens is 2. The zero-order chi connectivity index (χ0) is 32.5. The van der Waals surface area contributed by atoms with Gasteiger partial charge >= 0.3 is 0 Å². The predicted octanol–water partition coefficient (Wildman–Crippen LogP) is 8.53. The Bertz CT molecular complexity index is 1930. The Hall–Kier alpha value is -4.98. The first-order valence-corrected chi connectivity index (χ1v) is 16.5. The van der Waals surface area contributed by atoms with E-state index in [1.807, 2.05) is 91.0 Å². The lowest BCUT2D eigenvalue weighted by atomic mass is 9.82. The van der Waals surface area contributed by atoms with Gasteiger partial charge in [0.25, 0.3) is 0 Å². The zero-order valence-corrected chi connectivity index (χ0v) is 26.7. The molecule has 3 atom stereocenters. The Kier molecular flexibility index (Phi) is 10.1. The van der Waals surface area contributed by atoms with E-state index in [1.165, 1.54) is 0 Å². The van der Waals surface area contributed by atoms with Crippen molar-refractivity contribution in [3.8, 4) is 0 Å². The number of hydrogen-bond donors (Lipinski definition) is 3. The van der Waals surface area contributed by atoms with E-state index in [4.69, 9.17) is 14.2 Å². The topological polar surface area (TPSA) is 79.5 Å². The third-order valence-electron chi connectivity index (χ3n) is 8.91. The fourth-order valence-electron chi connectivity index (χ4n) is 6.53. The van der Waals surface area contributed by atoms with Gasteiger partial charge in [-0.15, -0.1) is 0 Å². The lowest BCUT2D eigenvalue weighted by Crippen LogP contribution is -2.46. The minimum Gasteiger partial charge on any atom is -0.388 e. The maximum atomic E-state index is 12.1. The molecule has 7 aromatic rings. The van der Waals surface area contributed by atoms with E-state index in [2.05, 4.69) is 70.9 Å². The van der Waals surface area contributed by atoms with Crippen molar-refractivity contribution in [1.82, 2.24) is 9.97 Å². The summed E-state index contributed by atoms with van der Waals surface area (Å²) in [5.41, 5.74) is 7.30. The van der Waals surface area contributed by atoms with Crippen LogP contribution in [0.5, 0.6) is 0 Å². The Balaban J connectivity index is 1.32. The van der Waals surface area contributed by atoms with Crippen LogP contribution in [0.2, 0.25) is 0 Å². The molecular formula is C42H40N2O4. The molecule has 0 amide bonds. The van der Waals surface area contributed by atoms with E-state index >= 15 is 0 Å². The Morgan fingerprint density at radius 1 is 0.479 bits per heavy atom. The number of hydrogen-bond acceptors (Lipinski definition) is 4. The molecule has 6 nitrogen and oxygen atoms in total. The highest BCUT2D eigenvalue weighted by Gasteiger charge is 2.40. The fourth-order valence-corrected chi connectivity index (χ4v) is 6.53. The van der Waals surface area contributed by atoms with E-state index < -0.39 is 18.3 Å². The summed E-state index contributed by atoms with van der Waals surface area (Å²) in [6, 6.07) is 46.8. The molecule has 0 aliphatic rings. The smallest absolute Gasteiger partial charge is 0.113 e. The molecule has 3 N–H and O–H groups in total. The van der Waals surface area contributed by atoms with Gasteiger partial charge in [0.15, 0.2) is 0 Å². The second-order valence-corrected chi connectivity index (χ2v) is 12.1. The number of aliphatic hydroxyl groups is 1. The van der Waals surface area contributed by atoms with Gasteiger partial charge in [-0.2, -0.15) is 0 Å². The van der Waals surface area contributed by atoms with Crippen molar-refractivity contribution in [3.63, 3.8) is 0 Å². The number of aromatic nitrogens is 2. The van der Waals surface area contributed by atoms with Crippen LogP contribution in [-0.4, -0.2) is 40.0 Å². The summed E-state index contributed by atoms with van der Waals surface area (Å²) in [4.78, 5) is 6.98. The zero-order valence-electron chi connectivity index (χ0n) is 26.7. The van der Waals surface area contributed by atoms with Crippen LogP contribution in [0.25, 0.3) is 21.8 Å². The number of nitrogens with one attached hydrogen (secondary N) is 2. The molecule has 6 heteroatoms. The molecule has 0 bridgehead atoms. The normalized spacial score (nSPS) is 13.6. The molecule has 0 saturated carbocycles. The number of rotatable bonds is 15. The molecule has 2 aromatic heterocycles. The van der Waals surface area contributed by atoms with Crippen LogP contribution in [0.15, 0.2) is 152 Å². The van der Waals surface area contributed by atoms with E-state index in [-0.39, 0.29) is 12.5 Å². The van der Waals surface area contributed by atoms with Crippen LogP contribution < -0.4 is 0 Å². The highest BCUT2D eigenvalue weighted by atomic mass is 16.6. The van der Waals surface area contributed by atoms with Gasteiger partial charge in [0.2, 0.25) is 0 Å². The maximum absolute atomic E-state index is 12.1. The van der Waals surface area contributed by atoms with Gasteiger partial charge in [0.05, 0.1) is 32.5 Å². The number of aliphatic hydroxyl groups excluding tert-OH is 1. The summed E-state index contributed by atoms with van der Waals surface area (Å²) in [5, 5.41) is 14.2. The van der Waals surface area contributed by atoms with E-state index in [0.717, 1.165) is 49.6 Å². The summed E-state index contributed by atoms with van der Waals surface area (Å²) in [5.74, 6) is -0.314. The molecule has 48 heavy (non-hydrogen) atoms. The minimum absolute atomic E-state index is 0.0774. The third kappa shape index (κ3) is 7.28. The molecule has 242 valence electrons. The standard InChI is InChI=1S/C42H40N2O4/c45-39(29-46-26-30-14-4-1-5-15-30)41(47-27-31-16-6-2-7-17-31)42(48-28-32-18-8-3-9-19-32)40(35-24-43-37-22-12-10-20-33(35)37)36-25-44-38-23-13-11-21-34(36)38/h1-25,39-45H,26-29H2/t39-,41-,42-/m1/s1. The van der Waals surface area contributed by atoms with Gasteiger partial charge in [0.1, 0.15) is 12.2 Å². The van der Waals surface area contributed by atoms with Crippen LogP contribution in [0.4, 0.5) is 0 Å². The number of benzene rings is 5. The van der Waals surface area contributed by atoms with Gasteiger partial charge in [0, 0.05) is 40.1 Å². The second-order valence-electron chi connectivity index (χ2n) is 12.1. The predicted molar refractivity (Wildman–Crippen MR) is 191 cm³/mol. The summed E-state index contributed by atoms with van der Waals surface area (Å²) < 4.78 is 19.9. The monoisotopic (exact) mass is 636 g/mol. The maximum Gasteiger partial charge on any atom is 0.113 e. The molecule has 0 aliphatic heterocycles. The third-order valence-corrected chi connectivity index (χ3v) is 8.91. The quantitative estimate of drug-likeness (QED) is 0.105. The summed E-state index contributed by atoms with van der Waals surface area (Å²) in [7, 11) is 0. The van der Waals surface area contributed by atoms with E-state index in [1.54, 1.807) is 0 Å². The van der Waals surface area contributed by atoms with E-state index in [9.17, 15) is 5.11 Å². The van der Waals surface area contributed by atoms with Gasteiger partial charge < -0.3 is 29.3 Å². The molecular weight excluding hydrogens is 596 g/mol. The second kappa shape index (κ2) is 15.3. The number of aromatic amines is 2. The van der Waals surface area contributed by atoms with Crippen molar-refractivity contribution < 1.29 is 19.3 Å². The molecule has 0 saturated heterocycles. The lowest BCUT2D eigenvalue weighted by Gasteiger charge is -2.36. The van der Waals surface area contributed by atoms with Crippen molar-refractivity contribution in [2.75, 3.05) is 6.61 Å². The van der Waals surface area contributed by atoms with Crippen LogP contribution in [0.3, 0.4) is 0 Å². The molecule has 0 aliphatic carbocycles. The summed E-state index contributed by atoms with van der Waals surface area (Å²) >= 11 is 0. The highest BCUT2D eigenvalue weighted by Crippen LogP contribution is 2.41. The summed E-state index contributed by atoms with van der Waals surface area (Å²) in [6.45, 7) is 1.11. The molecule has 2 heterocycles. The summed E-state index contributed by atoms with van der Waals surface area (Å²) in [6.07, 6.45) is 1.79. The first kappa shape index (κ1) is 31.6. The van der Waals surface area contributed by atoms with Crippen molar-refractivity contribution in [2.45, 2.75) is 44.1 Å².